The maximum atomic E-state index is 14.4. The number of halogens is 1. The van der Waals surface area contributed by atoms with E-state index in [1.165, 1.54) is 30.8 Å². The van der Waals surface area contributed by atoms with Crippen molar-refractivity contribution in [2.45, 2.75) is 51.0 Å². The SMILES string of the molecule is O=C(NC1CCN(C(=O)/C=C/c2ccc(Oc3cccnc3)c(F)c2)CC1)C1CCCCC1. The summed E-state index contributed by atoms with van der Waals surface area (Å²) in [5.74, 6) is 0.267. The highest BCUT2D eigenvalue weighted by Gasteiger charge is 2.26. The summed E-state index contributed by atoms with van der Waals surface area (Å²) in [6, 6.07) is 8.11. The minimum absolute atomic E-state index is 0.101. The molecule has 6 nitrogen and oxygen atoms in total. The van der Waals surface area contributed by atoms with Gasteiger partial charge in [0.15, 0.2) is 11.6 Å². The molecule has 2 aliphatic rings. The standard InChI is InChI=1S/C26H30FN3O3/c27-23-17-19(8-10-24(23)33-22-7-4-14-28-18-22)9-11-25(31)30-15-12-21(13-16-30)29-26(32)20-5-2-1-3-6-20/h4,7-11,14,17-18,20-21H,1-3,5-6,12-13,15-16H2,(H,29,32)/b11-9+. The van der Waals surface area contributed by atoms with Gasteiger partial charge in [-0.3, -0.25) is 14.6 Å². The quantitative estimate of drug-likeness (QED) is 0.646. The van der Waals surface area contributed by atoms with E-state index >= 15 is 0 Å². The number of likely N-dealkylation sites (tertiary alicyclic amines) is 1. The van der Waals surface area contributed by atoms with Gasteiger partial charge in [-0.2, -0.15) is 0 Å². The Hall–Kier alpha value is -3.22. The van der Waals surface area contributed by atoms with Crippen LogP contribution in [0.4, 0.5) is 4.39 Å². The van der Waals surface area contributed by atoms with Gasteiger partial charge in [0.25, 0.3) is 0 Å². The first-order chi connectivity index (χ1) is 16.1. The number of amides is 2. The fourth-order valence-corrected chi connectivity index (χ4v) is 4.44. The molecule has 1 aromatic carbocycles. The molecule has 174 valence electrons. The van der Waals surface area contributed by atoms with Gasteiger partial charge in [0.05, 0.1) is 6.20 Å². The molecule has 2 aromatic rings. The lowest BCUT2D eigenvalue weighted by Gasteiger charge is -2.33. The van der Waals surface area contributed by atoms with Gasteiger partial charge in [0.1, 0.15) is 5.75 Å². The Bertz CT molecular complexity index is 982. The molecule has 0 unspecified atom stereocenters. The molecule has 1 aromatic heterocycles. The summed E-state index contributed by atoms with van der Waals surface area (Å²) in [5, 5.41) is 3.18. The van der Waals surface area contributed by atoms with Crippen LogP contribution in [0.1, 0.15) is 50.5 Å². The van der Waals surface area contributed by atoms with E-state index in [-0.39, 0.29) is 29.5 Å². The average molecular weight is 452 g/mol. The number of nitrogens with one attached hydrogen (secondary N) is 1. The number of rotatable bonds is 6. The van der Waals surface area contributed by atoms with Crippen molar-refractivity contribution in [2.75, 3.05) is 13.1 Å². The summed E-state index contributed by atoms with van der Waals surface area (Å²) in [5.41, 5.74) is 0.578. The van der Waals surface area contributed by atoms with Crippen LogP contribution in [0.3, 0.4) is 0 Å². The number of pyridine rings is 1. The van der Waals surface area contributed by atoms with Gasteiger partial charge >= 0.3 is 0 Å². The molecule has 1 saturated carbocycles. The molecule has 1 aliphatic heterocycles. The Morgan fingerprint density at radius 2 is 1.88 bits per heavy atom. The van der Waals surface area contributed by atoms with Crippen molar-refractivity contribution in [3.63, 3.8) is 0 Å². The van der Waals surface area contributed by atoms with E-state index in [2.05, 4.69) is 10.3 Å². The zero-order valence-electron chi connectivity index (χ0n) is 18.7. The minimum Gasteiger partial charge on any atom is -0.453 e. The van der Waals surface area contributed by atoms with Gasteiger partial charge < -0.3 is 15.0 Å². The Balaban J connectivity index is 1.25. The molecule has 0 spiro atoms. The van der Waals surface area contributed by atoms with Crippen molar-refractivity contribution >= 4 is 17.9 Å². The first-order valence-corrected chi connectivity index (χ1v) is 11.7. The molecule has 0 atom stereocenters. The van der Waals surface area contributed by atoms with E-state index < -0.39 is 5.82 Å². The van der Waals surface area contributed by atoms with Crippen molar-refractivity contribution < 1.29 is 18.7 Å². The zero-order valence-corrected chi connectivity index (χ0v) is 18.7. The number of benzene rings is 1. The second-order valence-electron chi connectivity index (χ2n) is 8.76. The van der Waals surface area contributed by atoms with Crippen LogP contribution in [0.2, 0.25) is 0 Å². The third-order valence-corrected chi connectivity index (χ3v) is 6.37. The normalized spacial score (nSPS) is 17.8. The smallest absolute Gasteiger partial charge is 0.246 e. The van der Waals surface area contributed by atoms with E-state index in [0.717, 1.165) is 38.5 Å². The number of hydrogen-bond donors (Lipinski definition) is 1. The summed E-state index contributed by atoms with van der Waals surface area (Å²) in [6.07, 6.45) is 13.2. The van der Waals surface area contributed by atoms with Crippen LogP contribution in [-0.2, 0) is 9.59 Å². The number of piperidine rings is 1. The van der Waals surface area contributed by atoms with Crippen LogP contribution >= 0.6 is 0 Å². The molecule has 2 heterocycles. The van der Waals surface area contributed by atoms with Gasteiger partial charge in [0, 0.05) is 37.3 Å². The molecular weight excluding hydrogens is 421 g/mol. The first kappa shape index (κ1) is 23.0. The summed E-state index contributed by atoms with van der Waals surface area (Å²) >= 11 is 0. The number of nitrogens with zero attached hydrogens (tertiary/aromatic N) is 2. The third kappa shape index (κ3) is 6.40. The summed E-state index contributed by atoms with van der Waals surface area (Å²) in [6.45, 7) is 1.20. The Labute approximate surface area is 193 Å². The average Bonchev–Trinajstić information content (AvgIpc) is 2.85. The van der Waals surface area contributed by atoms with E-state index in [1.54, 1.807) is 35.4 Å². The number of hydrogen-bond acceptors (Lipinski definition) is 4. The largest absolute Gasteiger partial charge is 0.453 e. The summed E-state index contributed by atoms with van der Waals surface area (Å²) < 4.78 is 19.9. The molecular formula is C26H30FN3O3. The molecule has 1 aliphatic carbocycles. The molecule has 0 bridgehead atoms. The molecule has 7 heteroatoms. The van der Waals surface area contributed by atoms with E-state index in [1.807, 2.05) is 0 Å². The Morgan fingerprint density at radius 3 is 2.58 bits per heavy atom. The fraction of sp³-hybridized carbons (Fsp3) is 0.423. The zero-order chi connectivity index (χ0) is 23.0. The highest BCUT2D eigenvalue weighted by Crippen LogP contribution is 2.26. The second kappa shape index (κ2) is 11.1. The lowest BCUT2D eigenvalue weighted by Crippen LogP contribution is -2.47. The molecule has 2 amide bonds. The van der Waals surface area contributed by atoms with Gasteiger partial charge in [0.2, 0.25) is 11.8 Å². The third-order valence-electron chi connectivity index (χ3n) is 6.37. The van der Waals surface area contributed by atoms with Gasteiger partial charge in [-0.1, -0.05) is 25.3 Å². The molecule has 4 rings (SSSR count). The molecule has 33 heavy (non-hydrogen) atoms. The van der Waals surface area contributed by atoms with E-state index in [0.29, 0.717) is 24.4 Å². The monoisotopic (exact) mass is 451 g/mol. The van der Waals surface area contributed by atoms with E-state index in [9.17, 15) is 14.0 Å². The highest BCUT2D eigenvalue weighted by atomic mass is 19.1. The van der Waals surface area contributed by atoms with Crippen LogP contribution in [0, 0.1) is 11.7 Å². The van der Waals surface area contributed by atoms with Crippen LogP contribution in [0.25, 0.3) is 6.08 Å². The number of carbonyl (C=O) groups excluding carboxylic acids is 2. The van der Waals surface area contributed by atoms with Crippen molar-refractivity contribution in [1.82, 2.24) is 15.2 Å². The highest BCUT2D eigenvalue weighted by molar-refractivity contribution is 5.91. The summed E-state index contributed by atoms with van der Waals surface area (Å²) in [4.78, 5) is 30.7. The van der Waals surface area contributed by atoms with Crippen LogP contribution in [0.15, 0.2) is 48.8 Å². The van der Waals surface area contributed by atoms with Crippen molar-refractivity contribution in [3.8, 4) is 11.5 Å². The molecule has 0 radical (unpaired) electrons. The number of ether oxygens (including phenoxy) is 1. The lowest BCUT2D eigenvalue weighted by atomic mass is 9.88. The maximum absolute atomic E-state index is 14.4. The predicted molar refractivity (Wildman–Crippen MR) is 124 cm³/mol. The van der Waals surface area contributed by atoms with Gasteiger partial charge in [-0.05, 0) is 61.6 Å². The van der Waals surface area contributed by atoms with Crippen molar-refractivity contribution in [1.29, 1.82) is 0 Å². The summed E-state index contributed by atoms with van der Waals surface area (Å²) in [7, 11) is 0. The topological polar surface area (TPSA) is 71.5 Å². The molecule has 1 saturated heterocycles. The first-order valence-electron chi connectivity index (χ1n) is 11.7. The minimum atomic E-state index is -0.511. The Kier molecular flexibility index (Phi) is 7.70. The fourth-order valence-electron chi connectivity index (χ4n) is 4.44. The van der Waals surface area contributed by atoms with Crippen molar-refractivity contribution in [3.05, 3.63) is 60.2 Å². The van der Waals surface area contributed by atoms with Crippen molar-refractivity contribution in [2.24, 2.45) is 5.92 Å². The van der Waals surface area contributed by atoms with Crippen LogP contribution < -0.4 is 10.1 Å². The lowest BCUT2D eigenvalue weighted by molar-refractivity contribution is -0.128. The predicted octanol–water partition coefficient (Wildman–Crippen LogP) is 4.71. The molecule has 1 N–H and O–H groups in total. The van der Waals surface area contributed by atoms with Crippen LogP contribution in [0.5, 0.6) is 11.5 Å². The van der Waals surface area contributed by atoms with Crippen LogP contribution in [-0.4, -0.2) is 40.8 Å². The van der Waals surface area contributed by atoms with E-state index in [4.69, 9.17) is 4.74 Å². The molecule has 2 fully saturated rings. The van der Waals surface area contributed by atoms with Gasteiger partial charge in [-0.15, -0.1) is 0 Å². The second-order valence-corrected chi connectivity index (χ2v) is 8.76. The van der Waals surface area contributed by atoms with Gasteiger partial charge in [-0.25, -0.2) is 4.39 Å². The number of aromatic nitrogens is 1. The Morgan fingerprint density at radius 1 is 1.09 bits per heavy atom. The maximum Gasteiger partial charge on any atom is 0.246 e. The number of carbonyl (C=O) groups is 2.